The van der Waals surface area contributed by atoms with Gasteiger partial charge in [-0.25, -0.2) is 0 Å². The van der Waals surface area contributed by atoms with Crippen molar-refractivity contribution in [2.45, 2.75) is 39.0 Å². The van der Waals surface area contributed by atoms with Gasteiger partial charge in [-0.05, 0) is 25.8 Å². The molecule has 1 aliphatic carbocycles. The maximum absolute atomic E-state index is 12.3. The van der Waals surface area contributed by atoms with Gasteiger partial charge in [0.2, 0.25) is 5.91 Å². The Morgan fingerprint density at radius 2 is 2.05 bits per heavy atom. The van der Waals surface area contributed by atoms with Crippen molar-refractivity contribution in [2.75, 3.05) is 18.4 Å². The van der Waals surface area contributed by atoms with E-state index < -0.39 is 0 Å². The van der Waals surface area contributed by atoms with Gasteiger partial charge in [0.15, 0.2) is 0 Å². The van der Waals surface area contributed by atoms with Gasteiger partial charge in [0, 0.05) is 23.9 Å². The first-order chi connectivity index (χ1) is 10.1. The molecule has 2 rings (SSSR count). The molecule has 5 nitrogen and oxygen atoms in total. The van der Waals surface area contributed by atoms with Crippen molar-refractivity contribution >= 4 is 28.2 Å². The standard InChI is InChI=1S/C15H23N3O2S/c1-10-9-12(14(20)17-8-7-16)15(21-10)18-13(19)11-5-3-2-4-6-11/h9,11H,2-8,16H2,1H3,(H,17,20)(H,18,19). The molecule has 4 N–H and O–H groups in total. The van der Waals surface area contributed by atoms with Crippen molar-refractivity contribution < 1.29 is 9.59 Å². The average molecular weight is 309 g/mol. The Morgan fingerprint density at radius 1 is 1.33 bits per heavy atom. The minimum Gasteiger partial charge on any atom is -0.351 e. The monoisotopic (exact) mass is 309 g/mol. The average Bonchev–Trinajstić information content (AvgIpc) is 2.86. The Kier molecular flexibility index (Phi) is 5.76. The molecule has 0 aliphatic heterocycles. The first-order valence-electron chi connectivity index (χ1n) is 7.51. The largest absolute Gasteiger partial charge is 0.351 e. The van der Waals surface area contributed by atoms with Crippen LogP contribution in [0.5, 0.6) is 0 Å². The minimum atomic E-state index is -0.177. The van der Waals surface area contributed by atoms with Crippen molar-refractivity contribution in [1.82, 2.24) is 5.32 Å². The summed E-state index contributed by atoms with van der Waals surface area (Å²) in [5.41, 5.74) is 5.93. The van der Waals surface area contributed by atoms with E-state index in [9.17, 15) is 9.59 Å². The van der Waals surface area contributed by atoms with Crippen molar-refractivity contribution in [3.8, 4) is 0 Å². The molecule has 6 heteroatoms. The van der Waals surface area contributed by atoms with E-state index in [0.717, 1.165) is 30.6 Å². The quantitative estimate of drug-likeness (QED) is 0.780. The Balaban J connectivity index is 2.05. The van der Waals surface area contributed by atoms with Crippen LogP contribution in [0.2, 0.25) is 0 Å². The van der Waals surface area contributed by atoms with Gasteiger partial charge in [-0.3, -0.25) is 9.59 Å². The Bertz CT molecular complexity index is 507. The number of anilines is 1. The number of carbonyl (C=O) groups is 2. The fourth-order valence-electron chi connectivity index (χ4n) is 2.64. The predicted molar refractivity (Wildman–Crippen MR) is 85.6 cm³/mol. The molecular weight excluding hydrogens is 286 g/mol. The molecular formula is C15H23N3O2S. The SMILES string of the molecule is Cc1cc(C(=O)NCCN)c(NC(=O)C2CCCCC2)s1. The van der Waals surface area contributed by atoms with Crippen LogP contribution in [0.4, 0.5) is 5.00 Å². The van der Waals surface area contributed by atoms with E-state index >= 15 is 0 Å². The van der Waals surface area contributed by atoms with Gasteiger partial charge in [-0.1, -0.05) is 19.3 Å². The number of nitrogens with two attached hydrogens (primary N) is 1. The fraction of sp³-hybridized carbons (Fsp3) is 0.600. The van der Waals surface area contributed by atoms with Crippen LogP contribution < -0.4 is 16.4 Å². The molecule has 1 aromatic rings. The lowest BCUT2D eigenvalue weighted by Gasteiger charge is -2.20. The zero-order valence-electron chi connectivity index (χ0n) is 12.4. The molecule has 0 saturated heterocycles. The van der Waals surface area contributed by atoms with E-state index in [4.69, 9.17) is 5.73 Å². The highest BCUT2D eigenvalue weighted by Gasteiger charge is 2.23. The van der Waals surface area contributed by atoms with Crippen LogP contribution in [0.3, 0.4) is 0 Å². The summed E-state index contributed by atoms with van der Waals surface area (Å²) in [6.45, 7) is 2.77. The van der Waals surface area contributed by atoms with Gasteiger partial charge < -0.3 is 16.4 Å². The summed E-state index contributed by atoms with van der Waals surface area (Å²) in [6, 6.07) is 1.81. The number of hydrogen-bond donors (Lipinski definition) is 3. The summed E-state index contributed by atoms with van der Waals surface area (Å²) >= 11 is 1.44. The van der Waals surface area contributed by atoms with Gasteiger partial charge in [0.1, 0.15) is 5.00 Å². The second-order valence-electron chi connectivity index (χ2n) is 5.47. The Labute approximate surface area is 129 Å². The summed E-state index contributed by atoms with van der Waals surface area (Å²) in [5.74, 6) is -0.0470. The first-order valence-corrected chi connectivity index (χ1v) is 8.33. The third kappa shape index (κ3) is 4.28. The number of amides is 2. The molecule has 0 aromatic carbocycles. The topological polar surface area (TPSA) is 84.2 Å². The number of carbonyl (C=O) groups excluding carboxylic acids is 2. The summed E-state index contributed by atoms with van der Waals surface area (Å²) in [7, 11) is 0. The highest BCUT2D eigenvalue weighted by Crippen LogP contribution is 2.30. The van der Waals surface area contributed by atoms with Crippen LogP contribution >= 0.6 is 11.3 Å². The predicted octanol–water partition coefficient (Wildman–Crippen LogP) is 2.26. The van der Waals surface area contributed by atoms with E-state index in [0.29, 0.717) is 23.7 Å². The molecule has 0 atom stereocenters. The van der Waals surface area contributed by atoms with E-state index in [1.54, 1.807) is 0 Å². The normalized spacial score (nSPS) is 15.7. The lowest BCUT2D eigenvalue weighted by Crippen LogP contribution is -2.30. The van der Waals surface area contributed by atoms with Crippen LogP contribution in [0.1, 0.15) is 47.3 Å². The van der Waals surface area contributed by atoms with Gasteiger partial charge >= 0.3 is 0 Å². The minimum absolute atomic E-state index is 0.0458. The zero-order valence-corrected chi connectivity index (χ0v) is 13.2. The molecule has 116 valence electrons. The molecule has 2 amide bonds. The molecule has 1 aliphatic rings. The highest BCUT2D eigenvalue weighted by atomic mass is 32.1. The van der Waals surface area contributed by atoms with Crippen molar-refractivity contribution in [3.63, 3.8) is 0 Å². The third-order valence-corrected chi connectivity index (χ3v) is 4.71. The second-order valence-corrected chi connectivity index (χ2v) is 6.72. The van der Waals surface area contributed by atoms with Crippen LogP contribution in [0, 0.1) is 12.8 Å². The number of nitrogens with one attached hydrogen (secondary N) is 2. The second kappa shape index (κ2) is 7.56. The zero-order chi connectivity index (χ0) is 15.2. The highest BCUT2D eigenvalue weighted by molar-refractivity contribution is 7.16. The maximum Gasteiger partial charge on any atom is 0.254 e. The molecule has 1 saturated carbocycles. The summed E-state index contributed by atoms with van der Waals surface area (Å²) < 4.78 is 0. The van der Waals surface area contributed by atoms with Crippen LogP contribution in [0.15, 0.2) is 6.07 Å². The van der Waals surface area contributed by atoms with E-state index in [2.05, 4.69) is 10.6 Å². The third-order valence-electron chi connectivity index (χ3n) is 3.74. The van der Waals surface area contributed by atoms with Crippen LogP contribution in [0.25, 0.3) is 0 Å². The van der Waals surface area contributed by atoms with Crippen molar-refractivity contribution in [2.24, 2.45) is 11.7 Å². The van der Waals surface area contributed by atoms with Gasteiger partial charge in [-0.15, -0.1) is 11.3 Å². The summed E-state index contributed by atoms with van der Waals surface area (Å²) in [4.78, 5) is 25.4. The summed E-state index contributed by atoms with van der Waals surface area (Å²) in [6.07, 6.45) is 5.35. The van der Waals surface area contributed by atoms with Gasteiger partial charge in [-0.2, -0.15) is 0 Å². The molecule has 0 spiro atoms. The van der Waals surface area contributed by atoms with Crippen LogP contribution in [-0.4, -0.2) is 24.9 Å². The molecule has 1 heterocycles. The molecule has 0 unspecified atom stereocenters. The number of aryl methyl sites for hydroxylation is 1. The Morgan fingerprint density at radius 3 is 2.71 bits per heavy atom. The van der Waals surface area contributed by atoms with Crippen LogP contribution in [-0.2, 0) is 4.79 Å². The molecule has 0 bridgehead atoms. The lowest BCUT2D eigenvalue weighted by molar-refractivity contribution is -0.120. The number of hydrogen-bond acceptors (Lipinski definition) is 4. The molecule has 1 fully saturated rings. The maximum atomic E-state index is 12.3. The molecule has 1 aromatic heterocycles. The van der Waals surface area contributed by atoms with Crippen molar-refractivity contribution in [1.29, 1.82) is 0 Å². The number of thiophene rings is 1. The van der Waals surface area contributed by atoms with E-state index in [1.807, 2.05) is 13.0 Å². The molecule has 0 radical (unpaired) electrons. The van der Waals surface area contributed by atoms with Gasteiger partial charge in [0.05, 0.1) is 5.56 Å². The smallest absolute Gasteiger partial charge is 0.254 e. The van der Waals surface area contributed by atoms with Crippen molar-refractivity contribution in [3.05, 3.63) is 16.5 Å². The first kappa shape index (κ1) is 16.0. The fourth-order valence-corrected chi connectivity index (χ4v) is 3.55. The number of rotatable bonds is 5. The summed E-state index contributed by atoms with van der Waals surface area (Å²) in [5, 5.41) is 6.34. The molecule has 21 heavy (non-hydrogen) atoms. The van der Waals surface area contributed by atoms with Gasteiger partial charge in [0.25, 0.3) is 5.91 Å². The van der Waals surface area contributed by atoms with E-state index in [1.165, 1.54) is 17.8 Å². The van der Waals surface area contributed by atoms with E-state index in [-0.39, 0.29) is 17.7 Å². The lowest BCUT2D eigenvalue weighted by atomic mass is 9.89. The Hall–Kier alpha value is -1.40.